The fourth-order valence-electron chi connectivity index (χ4n) is 0.460. The van der Waals surface area contributed by atoms with E-state index in [-0.39, 0.29) is 5.78 Å². The van der Waals surface area contributed by atoms with Crippen molar-refractivity contribution in [2.45, 2.75) is 13.3 Å². The lowest BCUT2D eigenvalue weighted by Gasteiger charge is -1.99. The van der Waals surface area contributed by atoms with E-state index in [1.165, 1.54) is 0 Å². The van der Waals surface area contributed by atoms with Crippen LogP contribution >= 0.6 is 0 Å². The fraction of sp³-hybridized carbons (Fsp3) is 0.857. The largest absolute Gasteiger partial charge is 0.382 e. The Balaban J connectivity index is 2.84. The van der Waals surface area contributed by atoms with Gasteiger partial charge in [0.25, 0.3) is 0 Å². The van der Waals surface area contributed by atoms with Crippen molar-refractivity contribution in [2.75, 3.05) is 26.9 Å². The van der Waals surface area contributed by atoms with Crippen LogP contribution in [0, 0.1) is 0 Å². The normalized spacial score (nSPS) is 9.80. The van der Waals surface area contributed by atoms with Crippen molar-refractivity contribution < 1.29 is 14.3 Å². The van der Waals surface area contributed by atoms with Gasteiger partial charge in [-0.2, -0.15) is 0 Å². The van der Waals surface area contributed by atoms with Crippen LogP contribution in [0.3, 0.4) is 0 Å². The van der Waals surface area contributed by atoms with E-state index in [9.17, 15) is 4.79 Å². The van der Waals surface area contributed by atoms with Crippen molar-refractivity contribution in [2.24, 2.45) is 0 Å². The minimum atomic E-state index is 0.164. The molecule has 0 bridgehead atoms. The van der Waals surface area contributed by atoms with E-state index in [4.69, 9.17) is 9.47 Å². The summed E-state index contributed by atoms with van der Waals surface area (Å²) in [5.41, 5.74) is 0. The van der Waals surface area contributed by atoms with Crippen molar-refractivity contribution in [1.29, 1.82) is 0 Å². The quantitative estimate of drug-likeness (QED) is 0.515. The van der Waals surface area contributed by atoms with Crippen LogP contribution in [0.15, 0.2) is 0 Å². The zero-order chi connectivity index (χ0) is 7.82. The van der Waals surface area contributed by atoms with E-state index in [0.717, 1.165) is 0 Å². The first-order valence-electron chi connectivity index (χ1n) is 3.33. The van der Waals surface area contributed by atoms with Gasteiger partial charge in [-0.25, -0.2) is 0 Å². The Morgan fingerprint density at radius 3 is 2.50 bits per heavy atom. The summed E-state index contributed by atoms with van der Waals surface area (Å²) in [4.78, 5) is 10.4. The topological polar surface area (TPSA) is 35.5 Å². The highest BCUT2D eigenvalue weighted by atomic mass is 16.5. The van der Waals surface area contributed by atoms with Crippen LogP contribution < -0.4 is 0 Å². The molecule has 0 saturated heterocycles. The zero-order valence-electron chi connectivity index (χ0n) is 6.55. The summed E-state index contributed by atoms with van der Waals surface area (Å²) in [6, 6.07) is 0. The predicted molar refractivity (Wildman–Crippen MR) is 38.0 cm³/mol. The monoisotopic (exact) mass is 146 g/mol. The van der Waals surface area contributed by atoms with Gasteiger partial charge < -0.3 is 9.47 Å². The molecule has 0 aromatic heterocycles. The summed E-state index contributed by atoms with van der Waals surface area (Å²) in [6.07, 6.45) is 0.504. The Kier molecular flexibility index (Phi) is 6.43. The van der Waals surface area contributed by atoms with Gasteiger partial charge >= 0.3 is 0 Å². The molecule has 0 N–H and O–H groups in total. The predicted octanol–water partition coefficient (Wildman–Crippen LogP) is 0.629. The van der Waals surface area contributed by atoms with Gasteiger partial charge in [-0.1, -0.05) is 0 Å². The first kappa shape index (κ1) is 9.59. The number of carbonyl (C=O) groups excluding carboxylic acids is 1. The number of hydrogen-bond acceptors (Lipinski definition) is 3. The van der Waals surface area contributed by atoms with Crippen molar-refractivity contribution in [3.63, 3.8) is 0 Å². The molecular weight excluding hydrogens is 132 g/mol. The third kappa shape index (κ3) is 7.59. The molecule has 0 aromatic rings. The minimum absolute atomic E-state index is 0.164. The molecule has 0 aliphatic carbocycles. The maximum absolute atomic E-state index is 10.4. The summed E-state index contributed by atoms with van der Waals surface area (Å²) in [5.74, 6) is 0.164. The number of methoxy groups -OCH3 is 1. The summed E-state index contributed by atoms with van der Waals surface area (Å²) in [5, 5.41) is 0. The van der Waals surface area contributed by atoms with Gasteiger partial charge in [0.1, 0.15) is 5.78 Å². The Morgan fingerprint density at radius 1 is 1.30 bits per heavy atom. The van der Waals surface area contributed by atoms with Crippen LogP contribution in [0.4, 0.5) is 0 Å². The average Bonchev–Trinajstić information content (AvgIpc) is 1.87. The van der Waals surface area contributed by atoms with Crippen LogP contribution in [0.2, 0.25) is 0 Å². The number of carbonyl (C=O) groups is 1. The summed E-state index contributed by atoms with van der Waals surface area (Å²) in [6.45, 7) is 3.24. The molecule has 0 aliphatic heterocycles. The van der Waals surface area contributed by atoms with E-state index in [0.29, 0.717) is 26.2 Å². The molecule has 0 atom stereocenters. The Labute approximate surface area is 61.3 Å². The Morgan fingerprint density at radius 2 is 2.00 bits per heavy atom. The molecule has 0 aliphatic rings. The maximum Gasteiger partial charge on any atom is 0.132 e. The highest BCUT2D eigenvalue weighted by molar-refractivity contribution is 5.75. The second kappa shape index (κ2) is 6.71. The Bertz CT molecular complexity index is 90.9. The van der Waals surface area contributed by atoms with Crippen LogP contribution in [-0.4, -0.2) is 32.7 Å². The molecule has 0 saturated carbocycles. The molecule has 0 rings (SSSR count). The molecule has 3 nitrogen and oxygen atoms in total. The molecule has 0 spiro atoms. The second-order valence-electron chi connectivity index (χ2n) is 2.06. The van der Waals surface area contributed by atoms with Crippen LogP contribution in [-0.2, 0) is 14.3 Å². The SMILES string of the molecule is COCCOCCC(C)=O. The van der Waals surface area contributed by atoms with Gasteiger partial charge in [-0.3, -0.25) is 4.79 Å². The summed E-state index contributed by atoms with van der Waals surface area (Å²) < 4.78 is 9.78. The molecule has 10 heavy (non-hydrogen) atoms. The van der Waals surface area contributed by atoms with Crippen molar-refractivity contribution in [3.8, 4) is 0 Å². The van der Waals surface area contributed by atoms with E-state index < -0.39 is 0 Å². The van der Waals surface area contributed by atoms with Crippen LogP contribution in [0.5, 0.6) is 0 Å². The summed E-state index contributed by atoms with van der Waals surface area (Å²) in [7, 11) is 1.62. The molecule has 0 radical (unpaired) electrons. The van der Waals surface area contributed by atoms with Crippen molar-refractivity contribution in [1.82, 2.24) is 0 Å². The third-order valence-corrected chi connectivity index (χ3v) is 1.03. The molecule has 0 amide bonds. The molecule has 0 heterocycles. The average molecular weight is 146 g/mol. The first-order chi connectivity index (χ1) is 4.77. The molecular formula is C7H14O3. The van der Waals surface area contributed by atoms with E-state index in [1.807, 2.05) is 0 Å². The van der Waals surface area contributed by atoms with Crippen LogP contribution in [0.25, 0.3) is 0 Å². The maximum atomic E-state index is 10.4. The third-order valence-electron chi connectivity index (χ3n) is 1.03. The number of ketones is 1. The Hall–Kier alpha value is -0.410. The molecule has 0 unspecified atom stereocenters. The van der Waals surface area contributed by atoms with Gasteiger partial charge in [-0.05, 0) is 6.92 Å². The smallest absolute Gasteiger partial charge is 0.132 e. The lowest BCUT2D eigenvalue weighted by atomic mass is 10.3. The number of Topliss-reactive ketones (excluding diaryl/α,β-unsaturated/α-hetero) is 1. The number of hydrogen-bond donors (Lipinski definition) is 0. The second-order valence-corrected chi connectivity index (χ2v) is 2.06. The molecule has 60 valence electrons. The standard InChI is InChI=1S/C7H14O3/c1-7(8)3-4-10-6-5-9-2/h3-6H2,1-2H3. The molecule has 0 fully saturated rings. The van der Waals surface area contributed by atoms with E-state index in [2.05, 4.69) is 0 Å². The minimum Gasteiger partial charge on any atom is -0.382 e. The van der Waals surface area contributed by atoms with E-state index in [1.54, 1.807) is 14.0 Å². The highest BCUT2D eigenvalue weighted by Gasteiger charge is 1.91. The van der Waals surface area contributed by atoms with Crippen molar-refractivity contribution >= 4 is 5.78 Å². The highest BCUT2D eigenvalue weighted by Crippen LogP contribution is 1.83. The zero-order valence-corrected chi connectivity index (χ0v) is 6.55. The van der Waals surface area contributed by atoms with Gasteiger partial charge in [0, 0.05) is 13.5 Å². The van der Waals surface area contributed by atoms with Gasteiger partial charge in [0.15, 0.2) is 0 Å². The lowest BCUT2D eigenvalue weighted by Crippen LogP contribution is -2.05. The number of rotatable bonds is 6. The molecule has 0 aromatic carbocycles. The molecule has 3 heteroatoms. The van der Waals surface area contributed by atoms with Crippen molar-refractivity contribution in [3.05, 3.63) is 0 Å². The number of ether oxygens (including phenoxy) is 2. The lowest BCUT2D eigenvalue weighted by molar-refractivity contribution is -0.118. The van der Waals surface area contributed by atoms with Gasteiger partial charge in [0.2, 0.25) is 0 Å². The van der Waals surface area contributed by atoms with Gasteiger partial charge in [-0.15, -0.1) is 0 Å². The fourth-order valence-corrected chi connectivity index (χ4v) is 0.460. The van der Waals surface area contributed by atoms with Crippen LogP contribution in [0.1, 0.15) is 13.3 Å². The van der Waals surface area contributed by atoms with E-state index >= 15 is 0 Å². The first-order valence-corrected chi connectivity index (χ1v) is 3.33. The summed E-state index contributed by atoms with van der Waals surface area (Å²) >= 11 is 0. The van der Waals surface area contributed by atoms with Gasteiger partial charge in [0.05, 0.1) is 19.8 Å².